The standard InChI is InChI=1S/C27H25N5O7S2.Na/c1-3-14-32(20-11-9-19(10-12-20)29-17(2)33)40(35,36)25-7-5-4-6-23(25)30-31-27-22(28)13-8-18-15-21(41(37,38)39)16-24(34)26(18)27;/h3-13,15-16,34H,1,14,28H2,2H3,(H,29,33)(H,37,38,39);/q;+1/p-1. The van der Waals surface area contributed by atoms with Crippen LogP contribution in [0.4, 0.5) is 28.4 Å². The molecule has 1 amide bonds. The Kier molecular flexibility index (Phi) is 10.1. The minimum absolute atomic E-state index is 0. The summed E-state index contributed by atoms with van der Waals surface area (Å²) in [5.41, 5.74) is 6.81. The molecular formula is C27H24N5NaO7S2. The second-order valence-corrected chi connectivity index (χ2v) is 11.9. The van der Waals surface area contributed by atoms with Crippen LogP contribution in [0.15, 0.2) is 105 Å². The predicted octanol–water partition coefficient (Wildman–Crippen LogP) is 1.79. The Morgan fingerprint density at radius 2 is 1.71 bits per heavy atom. The number of azo groups is 1. The van der Waals surface area contributed by atoms with E-state index in [0.717, 1.165) is 16.4 Å². The van der Waals surface area contributed by atoms with Crippen LogP contribution in [0, 0.1) is 0 Å². The molecule has 0 atom stereocenters. The van der Waals surface area contributed by atoms with Crippen LogP contribution in [0.3, 0.4) is 0 Å². The number of hydrogen-bond donors (Lipinski definition) is 3. The number of rotatable bonds is 9. The molecule has 0 unspecified atom stereocenters. The molecular weight excluding hydrogens is 593 g/mol. The summed E-state index contributed by atoms with van der Waals surface area (Å²) in [5.74, 6) is -0.845. The van der Waals surface area contributed by atoms with Gasteiger partial charge >= 0.3 is 29.6 Å². The number of nitrogens with two attached hydrogens (primary N) is 1. The number of amides is 1. The quantitative estimate of drug-likeness (QED) is 0.0831. The van der Waals surface area contributed by atoms with Gasteiger partial charge in [-0.3, -0.25) is 9.10 Å². The van der Waals surface area contributed by atoms with Gasteiger partial charge in [0.2, 0.25) is 5.91 Å². The average molecular weight is 618 g/mol. The van der Waals surface area contributed by atoms with Gasteiger partial charge in [-0.2, -0.15) is 0 Å². The average Bonchev–Trinajstić information content (AvgIpc) is 2.91. The van der Waals surface area contributed by atoms with Crippen LogP contribution in [-0.2, 0) is 24.9 Å². The molecule has 0 radical (unpaired) electrons. The molecule has 0 fully saturated rings. The number of anilines is 3. The fourth-order valence-corrected chi connectivity index (χ4v) is 6.11. The number of carbonyl (C=O) groups is 1. The third-order valence-electron chi connectivity index (χ3n) is 5.82. The maximum Gasteiger partial charge on any atom is 1.00 e. The van der Waals surface area contributed by atoms with Crippen LogP contribution in [0.2, 0.25) is 0 Å². The number of phenolic OH excluding ortho intramolecular Hbond substituents is 1. The van der Waals surface area contributed by atoms with Gasteiger partial charge in [0.05, 0.1) is 28.2 Å². The Balaban J connectivity index is 0.00000484. The molecule has 12 nitrogen and oxygen atoms in total. The molecule has 4 aromatic carbocycles. The first-order valence-corrected chi connectivity index (χ1v) is 14.7. The van der Waals surface area contributed by atoms with Crippen molar-refractivity contribution in [3.8, 4) is 5.75 Å². The molecule has 0 bridgehead atoms. The summed E-state index contributed by atoms with van der Waals surface area (Å²) in [6, 6.07) is 16.7. The normalized spacial score (nSPS) is 11.7. The Bertz CT molecular complexity index is 1910. The number of sulfonamides is 1. The number of aromatic hydroxyl groups is 1. The van der Waals surface area contributed by atoms with Gasteiger partial charge < -0.3 is 20.7 Å². The largest absolute Gasteiger partial charge is 1.00 e. The number of fused-ring (bicyclic) bond motifs is 1. The van der Waals surface area contributed by atoms with Gasteiger partial charge in [-0.15, -0.1) is 16.8 Å². The van der Waals surface area contributed by atoms with Crippen molar-refractivity contribution < 1.29 is 60.8 Å². The second kappa shape index (κ2) is 13.0. The Labute approximate surface area is 264 Å². The van der Waals surface area contributed by atoms with Crippen molar-refractivity contribution in [1.29, 1.82) is 0 Å². The van der Waals surface area contributed by atoms with E-state index in [4.69, 9.17) is 5.73 Å². The maximum atomic E-state index is 13.8. The number of nitrogens with zero attached hydrogens (tertiary/aromatic N) is 3. The van der Waals surface area contributed by atoms with Crippen LogP contribution in [0.5, 0.6) is 5.75 Å². The van der Waals surface area contributed by atoms with Crippen molar-refractivity contribution in [3.63, 3.8) is 0 Å². The zero-order chi connectivity index (χ0) is 29.9. The predicted molar refractivity (Wildman–Crippen MR) is 154 cm³/mol. The fraction of sp³-hybridized carbons (Fsp3) is 0.0741. The molecule has 4 aromatic rings. The molecule has 42 heavy (non-hydrogen) atoms. The van der Waals surface area contributed by atoms with Crippen molar-refractivity contribution >= 4 is 65.3 Å². The Morgan fingerprint density at radius 3 is 2.33 bits per heavy atom. The number of phenols is 1. The Morgan fingerprint density at radius 1 is 1.05 bits per heavy atom. The third-order valence-corrected chi connectivity index (χ3v) is 8.48. The molecule has 0 saturated heterocycles. The van der Waals surface area contributed by atoms with E-state index in [0.29, 0.717) is 11.4 Å². The summed E-state index contributed by atoms with van der Waals surface area (Å²) in [6.07, 6.45) is 1.42. The molecule has 4 rings (SSSR count). The number of nitrogens with one attached hydrogen (secondary N) is 1. The van der Waals surface area contributed by atoms with Gasteiger partial charge in [0, 0.05) is 12.6 Å². The van der Waals surface area contributed by atoms with E-state index in [-0.39, 0.29) is 74.7 Å². The molecule has 0 aliphatic heterocycles. The molecule has 15 heteroatoms. The third kappa shape index (κ3) is 6.98. The summed E-state index contributed by atoms with van der Waals surface area (Å²) in [5, 5.41) is 21.6. The number of carbonyl (C=O) groups excluding carboxylic acids is 1. The van der Waals surface area contributed by atoms with Gasteiger partial charge in [-0.25, -0.2) is 16.8 Å². The smallest absolute Gasteiger partial charge is 0.744 e. The van der Waals surface area contributed by atoms with E-state index < -0.39 is 30.8 Å². The van der Waals surface area contributed by atoms with Gasteiger partial charge in [-0.05, 0) is 60.0 Å². The molecule has 0 saturated carbocycles. The van der Waals surface area contributed by atoms with Gasteiger partial charge in [0.1, 0.15) is 32.1 Å². The van der Waals surface area contributed by atoms with Gasteiger partial charge in [0.15, 0.2) is 0 Å². The van der Waals surface area contributed by atoms with E-state index >= 15 is 0 Å². The Hall–Kier alpha value is -3.79. The SMILES string of the molecule is C=CCN(c1ccc(NC(C)=O)cc1)S(=O)(=O)c1ccccc1N=Nc1c(N)ccc2cc(S(=O)(=O)[O-])cc(O)c12.[Na+]. The monoisotopic (exact) mass is 617 g/mol. The molecule has 0 aromatic heterocycles. The van der Waals surface area contributed by atoms with Crippen LogP contribution in [0.25, 0.3) is 10.8 Å². The molecule has 0 aliphatic rings. The molecule has 0 spiro atoms. The number of benzene rings is 4. The summed E-state index contributed by atoms with van der Waals surface area (Å²) in [7, 11) is -9.08. The number of nitrogen functional groups attached to an aromatic ring is 1. The van der Waals surface area contributed by atoms with E-state index in [9.17, 15) is 31.3 Å². The first-order valence-electron chi connectivity index (χ1n) is 11.9. The second-order valence-electron chi connectivity index (χ2n) is 8.72. The van der Waals surface area contributed by atoms with E-state index in [1.165, 1.54) is 55.5 Å². The number of hydrogen-bond acceptors (Lipinski definition) is 10. The van der Waals surface area contributed by atoms with Crippen LogP contribution in [0.1, 0.15) is 6.92 Å². The minimum Gasteiger partial charge on any atom is -0.744 e. The van der Waals surface area contributed by atoms with Crippen molar-refractivity contribution in [2.45, 2.75) is 16.7 Å². The minimum atomic E-state index is -4.85. The van der Waals surface area contributed by atoms with Crippen LogP contribution < -0.4 is 44.9 Å². The van der Waals surface area contributed by atoms with Crippen LogP contribution in [-0.4, -0.2) is 38.9 Å². The first-order chi connectivity index (χ1) is 19.3. The van der Waals surface area contributed by atoms with E-state index in [2.05, 4.69) is 22.1 Å². The van der Waals surface area contributed by atoms with E-state index in [1.54, 1.807) is 18.2 Å². The van der Waals surface area contributed by atoms with E-state index in [1.807, 2.05) is 0 Å². The topological polar surface area (TPSA) is 195 Å². The molecule has 0 aliphatic carbocycles. The molecule has 4 N–H and O–H groups in total. The first kappa shape index (κ1) is 32.7. The summed E-state index contributed by atoms with van der Waals surface area (Å²) >= 11 is 0. The van der Waals surface area contributed by atoms with Crippen molar-refractivity contribution in [3.05, 3.63) is 85.5 Å². The van der Waals surface area contributed by atoms with Gasteiger partial charge in [0.25, 0.3) is 10.0 Å². The van der Waals surface area contributed by atoms with Crippen molar-refractivity contribution in [2.24, 2.45) is 10.2 Å². The summed E-state index contributed by atoms with van der Waals surface area (Å²) in [4.78, 5) is 10.5. The summed E-state index contributed by atoms with van der Waals surface area (Å²) < 4.78 is 63.2. The molecule has 212 valence electrons. The van der Waals surface area contributed by atoms with Crippen molar-refractivity contribution in [2.75, 3.05) is 21.9 Å². The molecule has 0 heterocycles. The maximum absolute atomic E-state index is 13.8. The van der Waals surface area contributed by atoms with Crippen molar-refractivity contribution in [1.82, 2.24) is 0 Å². The zero-order valence-corrected chi connectivity index (χ0v) is 26.2. The van der Waals surface area contributed by atoms with Gasteiger partial charge in [-0.1, -0.05) is 24.3 Å². The van der Waals surface area contributed by atoms with Crippen LogP contribution >= 0.6 is 0 Å². The summed E-state index contributed by atoms with van der Waals surface area (Å²) in [6.45, 7) is 4.93. The fourth-order valence-electron chi connectivity index (χ4n) is 4.02. The zero-order valence-electron chi connectivity index (χ0n) is 22.6.